The lowest BCUT2D eigenvalue weighted by Gasteiger charge is -2.55. The summed E-state index contributed by atoms with van der Waals surface area (Å²) in [6.07, 6.45) is 2.25. The molecule has 1 saturated carbocycles. The Morgan fingerprint density at radius 3 is 2.29 bits per heavy atom. The van der Waals surface area contributed by atoms with E-state index in [1.807, 2.05) is 6.08 Å². The fraction of sp³-hybridized carbons (Fsp3) is 0.250. The Bertz CT molecular complexity index is 1850. The molecule has 3 aliphatic carbocycles. The second-order valence-corrected chi connectivity index (χ2v) is 12.0. The highest BCUT2D eigenvalue weighted by molar-refractivity contribution is 6.31. The number of aromatic hydroxyl groups is 1. The molecule has 1 aliphatic heterocycles. The molecule has 1 saturated heterocycles. The number of fused-ring (bicyclic) bond motifs is 4. The van der Waals surface area contributed by atoms with Crippen molar-refractivity contribution in [2.75, 3.05) is 7.11 Å². The number of phenols is 1. The van der Waals surface area contributed by atoms with Gasteiger partial charge in [0.25, 0.3) is 0 Å². The van der Waals surface area contributed by atoms with Crippen molar-refractivity contribution in [3.63, 3.8) is 0 Å². The number of benzene rings is 3. The van der Waals surface area contributed by atoms with E-state index in [4.69, 9.17) is 4.74 Å². The molecule has 7 rings (SSSR count). The topological polar surface area (TPSA) is 118 Å². The number of halogens is 1. The molecule has 9 heteroatoms. The summed E-state index contributed by atoms with van der Waals surface area (Å²) in [6.45, 7) is 0. The number of Topliss-reactive ketones (excluding diaryl/α,β-unsaturated/α-hetero) is 1. The van der Waals surface area contributed by atoms with Crippen LogP contribution in [-0.4, -0.2) is 46.6 Å². The summed E-state index contributed by atoms with van der Waals surface area (Å²) in [7, 11) is 1.09. The van der Waals surface area contributed by atoms with Gasteiger partial charge in [-0.25, -0.2) is 9.18 Å². The van der Waals surface area contributed by atoms with Crippen LogP contribution in [0.1, 0.15) is 35.4 Å². The molecule has 0 bridgehead atoms. The maximum Gasteiger partial charge on any atom is 0.423 e. The van der Waals surface area contributed by atoms with E-state index in [2.05, 4.69) is 0 Å². The number of phenolic OH excluding ortho intramolecular Hbond substituents is 1. The molecule has 226 valence electrons. The number of imide groups is 3. The zero-order chi connectivity index (χ0) is 31.6. The third kappa shape index (κ3) is 3.99. The Morgan fingerprint density at radius 1 is 0.933 bits per heavy atom. The smallest absolute Gasteiger partial charge is 0.423 e. The molecule has 0 aromatic heterocycles. The molecule has 45 heavy (non-hydrogen) atoms. The molecule has 0 radical (unpaired) electrons. The minimum absolute atomic E-state index is 0.0434. The highest BCUT2D eigenvalue weighted by atomic mass is 19.1. The van der Waals surface area contributed by atoms with Crippen molar-refractivity contribution >= 4 is 35.0 Å². The van der Waals surface area contributed by atoms with E-state index in [1.165, 1.54) is 18.2 Å². The first-order chi connectivity index (χ1) is 21.7. The summed E-state index contributed by atoms with van der Waals surface area (Å²) in [5.74, 6) is -8.01. The number of carbonyl (C=O) groups excluding carboxylic acids is 5. The molecular formula is C36H28FNO7. The van der Waals surface area contributed by atoms with E-state index in [9.17, 15) is 29.1 Å². The third-order valence-electron chi connectivity index (χ3n) is 10.0. The van der Waals surface area contributed by atoms with Gasteiger partial charge in [0, 0.05) is 17.4 Å². The standard InChI is InChI=1S/C36H28FNO7/c1-45-35(44)38-33(42)23-14-13-22-25(30(23)34(38)43)17-26-32(41)24(19-8-4-2-5-9-19)18-29(40)36(26,21-10-6-3-7-11-21)31(22)20-12-15-28(39)27(37)16-20/h2-13,15-16,18,23,25-26,30-31,39H,14,17H2,1H3/t23-,25+,26-,30-,31-,36-/m0/s1. The van der Waals surface area contributed by atoms with Crippen molar-refractivity contribution in [1.82, 2.24) is 4.90 Å². The number of ether oxygens (including phenoxy) is 1. The molecule has 0 unspecified atom stereocenters. The molecule has 6 atom stereocenters. The van der Waals surface area contributed by atoms with Crippen molar-refractivity contribution < 1.29 is 38.2 Å². The van der Waals surface area contributed by atoms with Crippen molar-refractivity contribution in [2.45, 2.75) is 24.2 Å². The zero-order valence-electron chi connectivity index (χ0n) is 24.2. The van der Waals surface area contributed by atoms with Gasteiger partial charge < -0.3 is 9.84 Å². The van der Waals surface area contributed by atoms with E-state index in [0.29, 0.717) is 27.2 Å². The van der Waals surface area contributed by atoms with Crippen LogP contribution in [0.15, 0.2) is 96.6 Å². The van der Waals surface area contributed by atoms with Crippen molar-refractivity contribution in [3.05, 3.63) is 119 Å². The first-order valence-corrected chi connectivity index (χ1v) is 14.8. The van der Waals surface area contributed by atoms with Gasteiger partial charge in [-0.2, -0.15) is 4.90 Å². The Hall–Kier alpha value is -5.18. The number of nitrogens with zero attached hydrogens (tertiary/aromatic N) is 1. The van der Waals surface area contributed by atoms with Gasteiger partial charge in [-0.1, -0.05) is 78.4 Å². The second kappa shape index (κ2) is 10.5. The number of ketones is 2. The van der Waals surface area contributed by atoms with Crippen LogP contribution in [0.3, 0.4) is 0 Å². The maximum atomic E-state index is 15.1. The van der Waals surface area contributed by atoms with Gasteiger partial charge >= 0.3 is 6.09 Å². The molecule has 2 fully saturated rings. The van der Waals surface area contributed by atoms with Gasteiger partial charge in [-0.15, -0.1) is 0 Å². The summed E-state index contributed by atoms with van der Waals surface area (Å²) in [5.41, 5.74) is 0.791. The molecule has 0 spiro atoms. The second-order valence-electron chi connectivity index (χ2n) is 12.0. The summed E-state index contributed by atoms with van der Waals surface area (Å²) < 4.78 is 19.8. The van der Waals surface area contributed by atoms with Crippen molar-refractivity contribution in [3.8, 4) is 5.75 Å². The minimum atomic E-state index is -1.52. The van der Waals surface area contributed by atoms with Crippen LogP contribution < -0.4 is 0 Å². The van der Waals surface area contributed by atoms with Crippen LogP contribution in [0, 0.1) is 29.5 Å². The number of amides is 3. The molecular weight excluding hydrogens is 577 g/mol. The Morgan fingerprint density at radius 2 is 1.62 bits per heavy atom. The lowest BCUT2D eigenvalue weighted by atomic mass is 9.44. The minimum Gasteiger partial charge on any atom is -0.505 e. The molecule has 3 aromatic carbocycles. The van der Waals surface area contributed by atoms with Gasteiger partial charge in [0.15, 0.2) is 23.1 Å². The van der Waals surface area contributed by atoms with E-state index in [1.54, 1.807) is 60.7 Å². The SMILES string of the molecule is COC(=O)N1C(=O)[C@H]2[C@H](CC=C3[C@H]2C[C@H]2C(=O)C(c4ccccc4)=CC(=O)[C@@]2(c2ccccc2)[C@H]3c2ccc(O)c(F)c2)C1=O. The fourth-order valence-electron chi connectivity index (χ4n) is 8.22. The summed E-state index contributed by atoms with van der Waals surface area (Å²) in [6, 6.07) is 21.6. The first kappa shape index (κ1) is 28.6. The predicted octanol–water partition coefficient (Wildman–Crippen LogP) is 5.12. The number of hydrogen-bond donors (Lipinski definition) is 1. The predicted molar refractivity (Wildman–Crippen MR) is 159 cm³/mol. The monoisotopic (exact) mass is 605 g/mol. The Labute approximate surface area is 257 Å². The van der Waals surface area contributed by atoms with E-state index < -0.39 is 64.5 Å². The first-order valence-electron chi connectivity index (χ1n) is 14.8. The summed E-state index contributed by atoms with van der Waals surface area (Å²) in [4.78, 5) is 69.8. The molecule has 8 nitrogen and oxygen atoms in total. The van der Waals surface area contributed by atoms with Crippen molar-refractivity contribution in [2.24, 2.45) is 23.7 Å². The van der Waals surface area contributed by atoms with Gasteiger partial charge in [0.2, 0.25) is 11.8 Å². The Balaban J connectivity index is 1.50. The quantitative estimate of drug-likeness (QED) is 0.325. The molecule has 4 aliphatic rings. The van der Waals surface area contributed by atoms with Crippen LogP contribution in [0.25, 0.3) is 5.57 Å². The van der Waals surface area contributed by atoms with Crippen molar-refractivity contribution in [1.29, 1.82) is 0 Å². The number of hydrogen-bond acceptors (Lipinski definition) is 7. The number of carbonyl (C=O) groups is 5. The van der Waals surface area contributed by atoms with Crippen LogP contribution in [0.4, 0.5) is 9.18 Å². The van der Waals surface area contributed by atoms with Gasteiger partial charge in [0.05, 0.1) is 24.4 Å². The van der Waals surface area contributed by atoms with Crippen LogP contribution in [0.5, 0.6) is 5.75 Å². The lowest BCUT2D eigenvalue weighted by molar-refractivity contribution is -0.138. The van der Waals surface area contributed by atoms with E-state index >= 15 is 4.39 Å². The molecule has 1 heterocycles. The van der Waals surface area contributed by atoms with Gasteiger partial charge in [-0.3, -0.25) is 19.2 Å². The lowest BCUT2D eigenvalue weighted by Crippen LogP contribution is -2.58. The molecule has 3 amide bonds. The Kier molecular flexibility index (Phi) is 6.65. The summed E-state index contributed by atoms with van der Waals surface area (Å²) in [5, 5.41) is 10.1. The maximum absolute atomic E-state index is 15.1. The average Bonchev–Trinajstić information content (AvgIpc) is 3.32. The highest BCUT2D eigenvalue weighted by Gasteiger charge is 2.66. The zero-order valence-corrected chi connectivity index (χ0v) is 24.2. The van der Waals surface area contributed by atoms with Crippen LogP contribution in [0.2, 0.25) is 0 Å². The van der Waals surface area contributed by atoms with Crippen LogP contribution >= 0.6 is 0 Å². The largest absolute Gasteiger partial charge is 0.505 e. The fourth-order valence-corrected chi connectivity index (χ4v) is 8.22. The van der Waals surface area contributed by atoms with E-state index in [0.717, 1.165) is 13.2 Å². The number of likely N-dealkylation sites (tertiary alicyclic amines) is 1. The van der Waals surface area contributed by atoms with Gasteiger partial charge in [-0.05, 0) is 53.7 Å². The third-order valence-corrected chi connectivity index (χ3v) is 10.0. The summed E-state index contributed by atoms with van der Waals surface area (Å²) >= 11 is 0. The number of rotatable bonds is 3. The highest BCUT2D eigenvalue weighted by Crippen LogP contribution is 2.63. The molecule has 3 aromatic rings. The van der Waals surface area contributed by atoms with Crippen LogP contribution in [-0.2, 0) is 29.3 Å². The average molecular weight is 606 g/mol. The number of allylic oxidation sites excluding steroid dienone is 4. The normalized spacial score (nSPS) is 28.9. The number of methoxy groups -OCH3 is 1. The van der Waals surface area contributed by atoms with E-state index in [-0.39, 0.29) is 30.0 Å². The molecule has 1 N–H and O–H groups in total. The van der Waals surface area contributed by atoms with Gasteiger partial charge in [0.1, 0.15) is 0 Å².